The van der Waals surface area contributed by atoms with Crippen molar-refractivity contribution >= 4 is 17.0 Å². The summed E-state index contributed by atoms with van der Waals surface area (Å²) in [5.41, 5.74) is 0. The number of hydrogen-bond acceptors (Lipinski definition) is 0. The summed E-state index contributed by atoms with van der Waals surface area (Å²) in [4.78, 5) is 0. The Bertz CT molecular complexity index is 333. The fourth-order valence-corrected chi connectivity index (χ4v) is 5.48. The van der Waals surface area contributed by atoms with Crippen molar-refractivity contribution in [1.82, 2.24) is 0 Å². The Morgan fingerprint density at radius 1 is 0.609 bits per heavy atom. The molecule has 118 valence electrons. The molecule has 6 aliphatic rings. The number of rotatable bonds is 0. The molecular weight excluding hydrogens is 402 g/mol. The van der Waals surface area contributed by atoms with Crippen molar-refractivity contribution in [3.05, 3.63) is 62.2 Å². The molecule has 6 rings (SSSR count). The summed E-state index contributed by atoms with van der Waals surface area (Å²) in [6.07, 6.45) is 22.5. The van der Waals surface area contributed by atoms with Gasteiger partial charge in [-0.2, -0.15) is 0 Å². The van der Waals surface area contributed by atoms with Gasteiger partial charge in [0.1, 0.15) is 0 Å². The van der Waals surface area contributed by atoms with E-state index in [9.17, 15) is 0 Å². The Kier molecular flexibility index (Phi) is 6.21. The normalized spacial score (nSPS) is 41.1. The molecule has 0 N–H and O–H groups in total. The van der Waals surface area contributed by atoms with Crippen LogP contribution >= 0.6 is 17.0 Å². The zero-order valence-corrected chi connectivity index (χ0v) is 17.2. The Hall–Kier alpha value is 1.46. The van der Waals surface area contributed by atoms with Gasteiger partial charge in [-0.15, -0.1) is 0 Å². The first-order valence-electron chi connectivity index (χ1n) is 8.79. The number of fused-ring (bicyclic) bond motifs is 10. The topological polar surface area (TPSA) is 0 Å². The molecule has 4 bridgehead atoms. The first-order valence-corrected chi connectivity index (χ1v) is 15.1. The van der Waals surface area contributed by atoms with Crippen LogP contribution in [0.1, 0.15) is 38.5 Å². The summed E-state index contributed by atoms with van der Waals surface area (Å²) >= 11 is -0.826. The van der Waals surface area contributed by atoms with Crippen LogP contribution in [0.4, 0.5) is 0 Å². The molecule has 0 aromatic carbocycles. The first kappa shape index (κ1) is 17.9. The Balaban J connectivity index is 0.000000101. The van der Waals surface area contributed by atoms with Crippen LogP contribution in [0.3, 0.4) is 0 Å². The summed E-state index contributed by atoms with van der Waals surface area (Å²) in [7, 11) is 9.87. The van der Waals surface area contributed by atoms with Crippen molar-refractivity contribution in [2.24, 2.45) is 23.7 Å². The molecule has 4 atom stereocenters. The molecule has 0 nitrogen and oxygen atoms in total. The van der Waals surface area contributed by atoms with Crippen molar-refractivity contribution in [2.75, 3.05) is 0 Å². The van der Waals surface area contributed by atoms with E-state index in [0.29, 0.717) is 0 Å². The second kappa shape index (κ2) is 8.00. The maximum atomic E-state index is 4.93. The molecule has 6 saturated carbocycles. The van der Waals surface area contributed by atoms with E-state index in [4.69, 9.17) is 17.0 Å². The van der Waals surface area contributed by atoms with Gasteiger partial charge in [0.2, 0.25) is 0 Å². The van der Waals surface area contributed by atoms with Gasteiger partial charge in [0.15, 0.2) is 0 Å². The molecule has 10 radical (unpaired) electrons. The molecule has 0 heterocycles. The second-order valence-corrected chi connectivity index (χ2v) is 11.1. The summed E-state index contributed by atoms with van der Waals surface area (Å²) in [6.45, 7) is 0. The summed E-state index contributed by atoms with van der Waals surface area (Å²) in [5.74, 6) is 10.5. The third-order valence-electron chi connectivity index (χ3n) is 6.39. The van der Waals surface area contributed by atoms with Gasteiger partial charge in [0.05, 0.1) is 0 Å². The Morgan fingerprint density at radius 3 is 1.13 bits per heavy atom. The second-order valence-electron chi connectivity index (χ2n) is 7.36. The fourth-order valence-electron chi connectivity index (χ4n) is 5.48. The molecule has 0 aliphatic heterocycles. The first-order chi connectivity index (χ1) is 11.3. The Morgan fingerprint density at radius 2 is 0.870 bits per heavy atom. The van der Waals surface area contributed by atoms with Crippen LogP contribution in [0.15, 0.2) is 0 Å². The number of hydrogen-bond donors (Lipinski definition) is 0. The molecule has 0 saturated heterocycles. The molecule has 6 fully saturated rings. The molecular formula is C20H22Cl2Zr+2. The molecule has 23 heavy (non-hydrogen) atoms. The van der Waals surface area contributed by atoms with E-state index in [2.05, 4.69) is 38.5 Å². The van der Waals surface area contributed by atoms with E-state index < -0.39 is 20.8 Å². The van der Waals surface area contributed by atoms with Crippen molar-refractivity contribution in [2.45, 2.75) is 38.5 Å². The monoisotopic (exact) mass is 422 g/mol. The summed E-state index contributed by atoms with van der Waals surface area (Å²) in [5, 5.41) is 0. The predicted octanol–water partition coefficient (Wildman–Crippen LogP) is 5.76. The van der Waals surface area contributed by atoms with E-state index >= 15 is 0 Å². The molecule has 0 spiro atoms. The van der Waals surface area contributed by atoms with Crippen LogP contribution < -0.4 is 0 Å². The zero-order chi connectivity index (χ0) is 15.8. The standard InChI is InChI=1S/2C10H11.2ClH.Zr/c2*1-2-9-7-4-5-8(6-7)10(9)3-1;;;/h2*1-3,7-8H,4-6H2;2*1H;/q;;;;+4/p-2/t2*7-,8+;;;. The van der Waals surface area contributed by atoms with Crippen LogP contribution in [-0.4, -0.2) is 0 Å². The quantitative estimate of drug-likeness (QED) is 0.464. The minimum absolute atomic E-state index is 0.826. The van der Waals surface area contributed by atoms with E-state index in [1.54, 1.807) is 23.7 Å². The maximum absolute atomic E-state index is 4.93. The zero-order valence-electron chi connectivity index (χ0n) is 13.3. The summed E-state index contributed by atoms with van der Waals surface area (Å²) < 4.78 is 0. The SMILES string of the molecule is [CH]1[CH][C]2[C]([CH]1)[C@H]1CC[C@@H]2C1.[CH]1[CH][C]2[C]([CH]1)[C@H]1CC[C@@H]2C1.[Cl][Zr+2][Cl]. The van der Waals surface area contributed by atoms with Crippen molar-refractivity contribution in [3.63, 3.8) is 0 Å². The van der Waals surface area contributed by atoms with E-state index in [-0.39, 0.29) is 0 Å². The molecule has 0 aromatic heterocycles. The van der Waals surface area contributed by atoms with Crippen LogP contribution in [-0.2, 0) is 20.8 Å². The van der Waals surface area contributed by atoms with Crippen molar-refractivity contribution in [3.8, 4) is 0 Å². The van der Waals surface area contributed by atoms with Gasteiger partial charge in [-0.1, -0.05) is 0 Å². The van der Waals surface area contributed by atoms with Gasteiger partial charge < -0.3 is 0 Å². The number of halogens is 2. The molecule has 3 heteroatoms. The van der Waals surface area contributed by atoms with Crippen LogP contribution in [0, 0.1) is 85.9 Å². The summed E-state index contributed by atoms with van der Waals surface area (Å²) in [6, 6.07) is 0. The molecule has 0 aromatic rings. The van der Waals surface area contributed by atoms with Crippen molar-refractivity contribution < 1.29 is 20.8 Å². The van der Waals surface area contributed by atoms with Crippen LogP contribution in [0.5, 0.6) is 0 Å². The fraction of sp³-hybridized carbons (Fsp3) is 0.500. The van der Waals surface area contributed by atoms with E-state index in [0.717, 1.165) is 23.7 Å². The van der Waals surface area contributed by atoms with Gasteiger partial charge in [-0.3, -0.25) is 0 Å². The van der Waals surface area contributed by atoms with Crippen molar-refractivity contribution in [1.29, 1.82) is 0 Å². The Labute approximate surface area is 161 Å². The molecule has 0 amide bonds. The van der Waals surface area contributed by atoms with E-state index in [1.807, 2.05) is 0 Å². The average Bonchev–Trinajstić information content (AvgIpc) is 3.39. The van der Waals surface area contributed by atoms with Crippen LogP contribution in [0.25, 0.3) is 0 Å². The van der Waals surface area contributed by atoms with Gasteiger partial charge in [0, 0.05) is 0 Å². The molecule has 6 aliphatic carbocycles. The minimum atomic E-state index is -0.826. The molecule has 0 unspecified atom stereocenters. The predicted molar refractivity (Wildman–Crippen MR) is 92.1 cm³/mol. The third kappa shape index (κ3) is 3.51. The van der Waals surface area contributed by atoms with Gasteiger partial charge in [-0.25, -0.2) is 0 Å². The van der Waals surface area contributed by atoms with Gasteiger partial charge >= 0.3 is 37.9 Å². The van der Waals surface area contributed by atoms with Gasteiger partial charge in [0.25, 0.3) is 0 Å². The van der Waals surface area contributed by atoms with Gasteiger partial charge in [-0.05, 0) is 124 Å². The van der Waals surface area contributed by atoms with Crippen LogP contribution in [0.2, 0.25) is 0 Å². The average molecular weight is 425 g/mol. The third-order valence-corrected chi connectivity index (χ3v) is 6.39. The van der Waals surface area contributed by atoms with E-state index in [1.165, 1.54) is 38.5 Å².